The standard InChI is InChI=1S/C32H30Cl2N10O2/c1-19-4-2-6-28(42-18-39-24(14-30(42)45)23-13-21(33)7-8-27(23)43(36)17-29(34)35)25-12-20(9-11-38-25)31-26(41-32(19)46)16-40-44(31)22-5-3-10-37-15-22/h3,5,7-19,28H,2,4,6,35-36H2,1H3,(H,41,46)/b29-17-. The number of fused-ring (bicyclic) bond motifs is 4. The molecule has 0 saturated carbocycles. The summed E-state index contributed by atoms with van der Waals surface area (Å²) in [6, 6.07) is 13.4. The zero-order valence-corrected chi connectivity index (χ0v) is 26.2. The summed E-state index contributed by atoms with van der Waals surface area (Å²) in [6.45, 7) is 1.89. The highest BCUT2D eigenvalue weighted by Gasteiger charge is 2.25. The van der Waals surface area contributed by atoms with Gasteiger partial charge in [0.1, 0.15) is 5.16 Å². The lowest BCUT2D eigenvalue weighted by Gasteiger charge is -2.23. The predicted octanol–water partition coefficient (Wildman–Crippen LogP) is 5.23. The van der Waals surface area contributed by atoms with Crippen molar-refractivity contribution in [3.63, 3.8) is 0 Å². The zero-order valence-electron chi connectivity index (χ0n) is 24.7. The summed E-state index contributed by atoms with van der Waals surface area (Å²) in [5.74, 6) is 5.78. The summed E-state index contributed by atoms with van der Waals surface area (Å²) < 4.78 is 3.29. The number of carbonyl (C=O) groups is 1. The largest absolute Gasteiger partial charge is 0.388 e. The summed E-state index contributed by atoms with van der Waals surface area (Å²) in [5, 5.41) is 9.29. The van der Waals surface area contributed by atoms with Crippen molar-refractivity contribution in [2.75, 3.05) is 10.3 Å². The van der Waals surface area contributed by atoms with Crippen LogP contribution in [0.25, 0.3) is 28.2 Å². The van der Waals surface area contributed by atoms with Crippen LogP contribution in [0.5, 0.6) is 0 Å². The van der Waals surface area contributed by atoms with Crippen LogP contribution in [-0.2, 0) is 4.79 Å². The summed E-state index contributed by atoms with van der Waals surface area (Å²) in [5.41, 5.74) is 10.1. The van der Waals surface area contributed by atoms with Crippen molar-refractivity contribution < 1.29 is 4.79 Å². The van der Waals surface area contributed by atoms with Gasteiger partial charge in [-0.2, -0.15) is 5.10 Å². The molecule has 0 aliphatic carbocycles. The number of rotatable bonds is 5. The number of aromatic nitrogens is 6. The van der Waals surface area contributed by atoms with Crippen molar-refractivity contribution >= 4 is 40.5 Å². The fourth-order valence-corrected chi connectivity index (χ4v) is 5.81. The third-order valence-electron chi connectivity index (χ3n) is 7.82. The first-order valence-corrected chi connectivity index (χ1v) is 15.3. The summed E-state index contributed by atoms with van der Waals surface area (Å²) in [6.07, 6.45) is 11.3. The Morgan fingerprint density at radius 3 is 2.70 bits per heavy atom. The Morgan fingerprint density at radius 2 is 1.93 bits per heavy atom. The fourth-order valence-electron chi connectivity index (χ4n) is 5.54. The third-order valence-corrected chi connectivity index (χ3v) is 8.16. The highest BCUT2D eigenvalue weighted by Crippen LogP contribution is 2.35. The predicted molar refractivity (Wildman–Crippen MR) is 178 cm³/mol. The van der Waals surface area contributed by atoms with Crippen LogP contribution in [-0.4, -0.2) is 35.2 Å². The number of nitrogens with zero attached hydrogens (tertiary/aromatic N) is 7. The van der Waals surface area contributed by atoms with Gasteiger partial charge in [-0.3, -0.25) is 29.1 Å². The van der Waals surface area contributed by atoms with Crippen LogP contribution in [0.3, 0.4) is 0 Å². The van der Waals surface area contributed by atoms with Crippen LogP contribution >= 0.6 is 23.2 Å². The van der Waals surface area contributed by atoms with Crippen LogP contribution in [0, 0.1) is 5.92 Å². The van der Waals surface area contributed by atoms with Crippen molar-refractivity contribution in [2.45, 2.75) is 32.2 Å². The highest BCUT2D eigenvalue weighted by atomic mass is 35.5. The first kappa shape index (κ1) is 31.0. The number of pyridine rings is 2. The molecule has 1 aromatic carbocycles. The lowest BCUT2D eigenvalue weighted by atomic mass is 9.97. The molecule has 1 aliphatic rings. The average molecular weight is 658 g/mol. The fraction of sp³-hybridized carbons (Fsp3) is 0.188. The summed E-state index contributed by atoms with van der Waals surface area (Å²) in [4.78, 5) is 40.6. The van der Waals surface area contributed by atoms with Crippen molar-refractivity contribution in [1.82, 2.24) is 29.3 Å². The van der Waals surface area contributed by atoms with E-state index in [1.54, 1.807) is 52.2 Å². The van der Waals surface area contributed by atoms with Gasteiger partial charge in [0.05, 0.1) is 65.1 Å². The normalized spacial score (nSPS) is 17.0. The maximum Gasteiger partial charge on any atom is 0.254 e. The van der Waals surface area contributed by atoms with Gasteiger partial charge in [-0.25, -0.2) is 15.5 Å². The topological polar surface area (TPSA) is 163 Å². The Balaban J connectivity index is 1.45. The number of carbonyl (C=O) groups excluding carboxylic acids is 1. The molecule has 46 heavy (non-hydrogen) atoms. The Labute approximate surface area is 274 Å². The Hall–Kier alpha value is -5.04. The molecular formula is C32H30Cl2N10O2. The van der Waals surface area contributed by atoms with Crippen LogP contribution in [0.4, 0.5) is 11.4 Å². The number of benzene rings is 1. The molecule has 5 aromatic rings. The van der Waals surface area contributed by atoms with E-state index < -0.39 is 6.04 Å². The van der Waals surface area contributed by atoms with Crippen molar-refractivity contribution in [1.29, 1.82) is 0 Å². The number of amides is 1. The molecule has 0 spiro atoms. The molecule has 2 atom stereocenters. The zero-order chi connectivity index (χ0) is 32.4. The first-order valence-electron chi connectivity index (χ1n) is 14.5. The second-order valence-corrected chi connectivity index (χ2v) is 11.8. The summed E-state index contributed by atoms with van der Waals surface area (Å²) in [7, 11) is 0. The van der Waals surface area contributed by atoms with Crippen LogP contribution in [0.2, 0.25) is 5.02 Å². The maximum absolute atomic E-state index is 13.8. The van der Waals surface area contributed by atoms with E-state index in [4.69, 9.17) is 39.8 Å². The molecule has 1 aliphatic heterocycles. The molecule has 5 heterocycles. The molecule has 0 saturated heterocycles. The molecule has 234 valence electrons. The lowest BCUT2D eigenvalue weighted by Crippen LogP contribution is -2.28. The monoisotopic (exact) mass is 656 g/mol. The number of hydrogen-bond donors (Lipinski definition) is 3. The van der Waals surface area contributed by atoms with E-state index in [0.29, 0.717) is 58.3 Å². The Kier molecular flexibility index (Phi) is 8.84. The number of hydrazine groups is 1. The first-order chi connectivity index (χ1) is 22.2. The van der Waals surface area contributed by atoms with Gasteiger partial charge in [-0.15, -0.1) is 0 Å². The van der Waals surface area contributed by atoms with Gasteiger partial charge >= 0.3 is 0 Å². The molecule has 12 nitrogen and oxygen atoms in total. The average Bonchev–Trinajstić information content (AvgIpc) is 3.46. The van der Waals surface area contributed by atoms with Gasteiger partial charge < -0.3 is 11.1 Å². The van der Waals surface area contributed by atoms with E-state index >= 15 is 0 Å². The molecule has 4 aromatic heterocycles. The molecule has 14 heteroatoms. The third kappa shape index (κ3) is 6.36. The molecule has 2 unspecified atom stereocenters. The molecular weight excluding hydrogens is 627 g/mol. The molecule has 0 fully saturated rings. The van der Waals surface area contributed by atoms with E-state index in [0.717, 1.165) is 11.3 Å². The number of anilines is 2. The van der Waals surface area contributed by atoms with E-state index in [2.05, 4.69) is 20.4 Å². The molecule has 0 radical (unpaired) electrons. The van der Waals surface area contributed by atoms with Gasteiger partial charge in [0, 0.05) is 40.5 Å². The smallest absolute Gasteiger partial charge is 0.254 e. The minimum absolute atomic E-state index is 0.0218. The Bertz CT molecular complexity index is 1990. The second kappa shape index (κ2) is 13.1. The number of halogens is 2. The van der Waals surface area contributed by atoms with Gasteiger partial charge in [0.15, 0.2) is 0 Å². The van der Waals surface area contributed by atoms with Crippen molar-refractivity contribution in [3.05, 3.63) is 112 Å². The Morgan fingerprint density at radius 1 is 1.09 bits per heavy atom. The van der Waals surface area contributed by atoms with Crippen molar-refractivity contribution in [3.8, 4) is 28.2 Å². The second-order valence-electron chi connectivity index (χ2n) is 10.9. The quantitative estimate of drug-likeness (QED) is 0.131. The van der Waals surface area contributed by atoms with Gasteiger partial charge in [-0.05, 0) is 55.3 Å². The molecule has 2 bridgehead atoms. The summed E-state index contributed by atoms with van der Waals surface area (Å²) >= 11 is 12.2. The minimum Gasteiger partial charge on any atom is -0.388 e. The molecule has 6 rings (SSSR count). The van der Waals surface area contributed by atoms with Gasteiger partial charge in [-0.1, -0.05) is 36.5 Å². The van der Waals surface area contributed by atoms with Crippen LogP contribution in [0.1, 0.15) is 37.9 Å². The van der Waals surface area contributed by atoms with Crippen molar-refractivity contribution in [2.24, 2.45) is 17.5 Å². The lowest BCUT2D eigenvalue weighted by molar-refractivity contribution is -0.119. The van der Waals surface area contributed by atoms with E-state index in [1.165, 1.54) is 23.6 Å². The van der Waals surface area contributed by atoms with E-state index in [9.17, 15) is 9.59 Å². The minimum atomic E-state index is -0.467. The molecule has 1 amide bonds. The SMILES string of the molecule is CC1CCCC(n2cnc(-c3cc(Cl)ccc3N(N)/C=C(\N)Cl)cc2=O)c2cc(ccn2)-c2c(cnn2-c2cccnc2)NC1=O. The van der Waals surface area contributed by atoms with Crippen LogP contribution in [0.15, 0.2) is 95.8 Å². The van der Waals surface area contributed by atoms with Crippen LogP contribution < -0.4 is 27.5 Å². The number of hydrogen-bond acceptors (Lipinski definition) is 9. The van der Waals surface area contributed by atoms with E-state index in [1.807, 2.05) is 31.2 Å². The highest BCUT2D eigenvalue weighted by molar-refractivity contribution is 6.31. The van der Waals surface area contributed by atoms with E-state index in [-0.39, 0.29) is 22.5 Å². The maximum atomic E-state index is 13.8. The number of nitrogens with two attached hydrogens (primary N) is 2. The van der Waals surface area contributed by atoms with Gasteiger partial charge in [0.2, 0.25) is 5.91 Å². The van der Waals surface area contributed by atoms with Gasteiger partial charge in [0.25, 0.3) is 5.56 Å². The number of nitrogens with one attached hydrogen (secondary N) is 1. The molecule has 5 N–H and O–H groups in total.